The van der Waals surface area contributed by atoms with Gasteiger partial charge in [0, 0.05) is 0 Å². The van der Waals surface area contributed by atoms with E-state index in [0.717, 1.165) is 11.8 Å². The molecular formula is C9H12. The maximum absolute atomic E-state index is 2.39. The molecule has 48 valence electrons. The molecule has 2 atom stereocenters. The summed E-state index contributed by atoms with van der Waals surface area (Å²) in [6.45, 7) is 2.25. The Hall–Kier alpha value is -0.520. The van der Waals surface area contributed by atoms with Gasteiger partial charge in [-0.1, -0.05) is 23.8 Å². The summed E-state index contributed by atoms with van der Waals surface area (Å²) in [6.07, 6.45) is 9.81. The molecular weight excluding hydrogens is 108 g/mol. The average Bonchev–Trinajstić information content (AvgIpc) is 2.25. The summed E-state index contributed by atoms with van der Waals surface area (Å²) in [5.41, 5.74) is 1.58. The van der Waals surface area contributed by atoms with Crippen LogP contribution in [-0.2, 0) is 0 Å². The van der Waals surface area contributed by atoms with E-state index in [1.807, 2.05) is 0 Å². The van der Waals surface area contributed by atoms with Crippen LogP contribution in [-0.4, -0.2) is 0 Å². The van der Waals surface area contributed by atoms with E-state index >= 15 is 0 Å². The summed E-state index contributed by atoms with van der Waals surface area (Å²) < 4.78 is 0. The average molecular weight is 120 g/mol. The monoisotopic (exact) mass is 120 g/mol. The summed E-state index contributed by atoms with van der Waals surface area (Å²) in [5.74, 6) is 1.70. The molecule has 0 aromatic carbocycles. The normalized spacial score (nSPS) is 39.0. The van der Waals surface area contributed by atoms with Gasteiger partial charge in [-0.25, -0.2) is 0 Å². The Bertz CT molecular complexity index is 174. The van der Waals surface area contributed by atoms with Crippen LogP contribution in [0.2, 0.25) is 0 Å². The van der Waals surface area contributed by atoms with Gasteiger partial charge in [-0.2, -0.15) is 0 Å². The Morgan fingerprint density at radius 3 is 3.11 bits per heavy atom. The number of hydrogen-bond acceptors (Lipinski definition) is 0. The Morgan fingerprint density at radius 2 is 2.33 bits per heavy atom. The molecule has 0 aromatic rings. The molecule has 9 heavy (non-hydrogen) atoms. The van der Waals surface area contributed by atoms with Crippen LogP contribution >= 0.6 is 0 Å². The summed E-state index contributed by atoms with van der Waals surface area (Å²) in [6, 6.07) is 0. The van der Waals surface area contributed by atoms with E-state index < -0.39 is 0 Å². The lowest BCUT2D eigenvalue weighted by Gasteiger charge is -2.16. The molecule has 2 rings (SSSR count). The lowest BCUT2D eigenvalue weighted by atomic mass is 9.88. The molecule has 2 bridgehead atoms. The Morgan fingerprint density at radius 1 is 1.44 bits per heavy atom. The first kappa shape index (κ1) is 5.28. The third kappa shape index (κ3) is 0.735. The van der Waals surface area contributed by atoms with Gasteiger partial charge >= 0.3 is 0 Å². The van der Waals surface area contributed by atoms with E-state index in [4.69, 9.17) is 0 Å². The SMILES string of the molecule is CC1=CC[C@H]2C=C[C@@H]1C2. The van der Waals surface area contributed by atoms with E-state index in [-0.39, 0.29) is 0 Å². The highest BCUT2D eigenvalue weighted by Crippen LogP contribution is 2.35. The fourth-order valence-corrected chi connectivity index (χ4v) is 1.78. The standard InChI is InChI=1S/C9H12/c1-7-2-3-8-4-5-9(7)6-8/h2,4-5,8-9H,3,6H2,1H3/t8-,9+/m0/s1. The van der Waals surface area contributed by atoms with E-state index in [9.17, 15) is 0 Å². The van der Waals surface area contributed by atoms with Crippen molar-refractivity contribution in [2.45, 2.75) is 19.8 Å². The molecule has 0 nitrogen and oxygen atoms in total. The van der Waals surface area contributed by atoms with Gasteiger partial charge in [-0.15, -0.1) is 0 Å². The predicted molar refractivity (Wildman–Crippen MR) is 39.1 cm³/mol. The summed E-state index contributed by atoms with van der Waals surface area (Å²) in [7, 11) is 0. The molecule has 0 aliphatic heterocycles. The number of allylic oxidation sites excluding steroid dienone is 4. The lowest BCUT2D eigenvalue weighted by Crippen LogP contribution is -2.04. The Labute approximate surface area is 56.3 Å². The van der Waals surface area contributed by atoms with Crippen LogP contribution in [0.1, 0.15) is 19.8 Å². The van der Waals surface area contributed by atoms with Gasteiger partial charge in [-0.3, -0.25) is 0 Å². The van der Waals surface area contributed by atoms with Gasteiger partial charge in [-0.05, 0) is 31.6 Å². The molecule has 0 saturated carbocycles. The molecule has 0 saturated heterocycles. The highest BCUT2D eigenvalue weighted by Gasteiger charge is 2.22. The Kier molecular flexibility index (Phi) is 1.01. The van der Waals surface area contributed by atoms with Crippen molar-refractivity contribution >= 4 is 0 Å². The van der Waals surface area contributed by atoms with E-state index in [1.165, 1.54) is 12.8 Å². The highest BCUT2D eigenvalue weighted by molar-refractivity contribution is 5.22. The largest absolute Gasteiger partial charge is 0.0845 e. The molecule has 0 amide bonds. The minimum atomic E-state index is 0.809. The van der Waals surface area contributed by atoms with Crippen LogP contribution in [0.25, 0.3) is 0 Å². The number of fused-ring (bicyclic) bond motifs is 2. The summed E-state index contributed by atoms with van der Waals surface area (Å²) in [5, 5.41) is 0. The van der Waals surface area contributed by atoms with Gasteiger partial charge in [0.1, 0.15) is 0 Å². The van der Waals surface area contributed by atoms with Crippen LogP contribution in [0.3, 0.4) is 0 Å². The summed E-state index contributed by atoms with van der Waals surface area (Å²) >= 11 is 0. The smallest absolute Gasteiger partial charge is 0.00202 e. The zero-order valence-corrected chi connectivity index (χ0v) is 5.80. The molecule has 0 fully saturated rings. The zero-order chi connectivity index (χ0) is 6.27. The molecule has 0 N–H and O–H groups in total. The van der Waals surface area contributed by atoms with Crippen molar-refractivity contribution in [3.8, 4) is 0 Å². The Balaban J connectivity index is 2.30. The first-order valence-corrected chi connectivity index (χ1v) is 3.71. The van der Waals surface area contributed by atoms with Crippen LogP contribution in [0.4, 0.5) is 0 Å². The van der Waals surface area contributed by atoms with Crippen LogP contribution in [0.15, 0.2) is 23.8 Å². The minimum Gasteiger partial charge on any atom is -0.0845 e. The van der Waals surface area contributed by atoms with Crippen LogP contribution in [0.5, 0.6) is 0 Å². The molecule has 2 aliphatic carbocycles. The second-order valence-corrected chi connectivity index (χ2v) is 3.17. The zero-order valence-electron chi connectivity index (χ0n) is 5.80. The van der Waals surface area contributed by atoms with Gasteiger partial charge < -0.3 is 0 Å². The van der Waals surface area contributed by atoms with Gasteiger partial charge in [0.05, 0.1) is 0 Å². The molecule has 0 heteroatoms. The highest BCUT2D eigenvalue weighted by atomic mass is 14.3. The summed E-state index contributed by atoms with van der Waals surface area (Å²) in [4.78, 5) is 0. The maximum Gasteiger partial charge on any atom is -0.00202 e. The van der Waals surface area contributed by atoms with Gasteiger partial charge in [0.2, 0.25) is 0 Å². The van der Waals surface area contributed by atoms with Crippen molar-refractivity contribution < 1.29 is 0 Å². The van der Waals surface area contributed by atoms with Crippen molar-refractivity contribution in [3.05, 3.63) is 23.8 Å². The van der Waals surface area contributed by atoms with Crippen molar-refractivity contribution in [2.24, 2.45) is 11.8 Å². The molecule has 0 aromatic heterocycles. The maximum atomic E-state index is 2.39. The topological polar surface area (TPSA) is 0 Å². The van der Waals surface area contributed by atoms with Crippen molar-refractivity contribution in [2.75, 3.05) is 0 Å². The van der Waals surface area contributed by atoms with Crippen LogP contribution < -0.4 is 0 Å². The fourth-order valence-electron chi connectivity index (χ4n) is 1.78. The van der Waals surface area contributed by atoms with Crippen molar-refractivity contribution in [1.82, 2.24) is 0 Å². The quantitative estimate of drug-likeness (QED) is 0.431. The third-order valence-electron chi connectivity index (χ3n) is 2.50. The second-order valence-electron chi connectivity index (χ2n) is 3.17. The number of hydrogen-bond donors (Lipinski definition) is 0. The first-order chi connectivity index (χ1) is 4.36. The molecule has 0 radical (unpaired) electrons. The first-order valence-electron chi connectivity index (χ1n) is 3.71. The van der Waals surface area contributed by atoms with Crippen molar-refractivity contribution in [3.63, 3.8) is 0 Å². The predicted octanol–water partition coefficient (Wildman–Crippen LogP) is 2.53. The molecule has 2 aliphatic rings. The number of rotatable bonds is 0. The fraction of sp³-hybridized carbons (Fsp3) is 0.556. The van der Waals surface area contributed by atoms with Gasteiger partial charge in [0.15, 0.2) is 0 Å². The molecule has 0 heterocycles. The van der Waals surface area contributed by atoms with E-state index in [0.29, 0.717) is 0 Å². The minimum absolute atomic E-state index is 0.809. The third-order valence-corrected chi connectivity index (χ3v) is 2.50. The van der Waals surface area contributed by atoms with E-state index in [2.05, 4.69) is 25.2 Å². The van der Waals surface area contributed by atoms with Gasteiger partial charge in [0.25, 0.3) is 0 Å². The van der Waals surface area contributed by atoms with E-state index in [1.54, 1.807) is 5.57 Å². The van der Waals surface area contributed by atoms with Crippen LogP contribution in [0, 0.1) is 11.8 Å². The van der Waals surface area contributed by atoms with Crippen molar-refractivity contribution in [1.29, 1.82) is 0 Å². The molecule has 0 unspecified atom stereocenters. The lowest BCUT2D eigenvalue weighted by molar-refractivity contribution is 0.539. The molecule has 0 spiro atoms. The second kappa shape index (κ2) is 1.73.